The van der Waals surface area contributed by atoms with Crippen molar-refractivity contribution < 1.29 is 13.2 Å². The van der Waals surface area contributed by atoms with E-state index in [2.05, 4.69) is 13.8 Å². The van der Waals surface area contributed by atoms with Crippen molar-refractivity contribution in [3.05, 3.63) is 59.8 Å². The fourth-order valence-electron chi connectivity index (χ4n) is 3.60. The van der Waals surface area contributed by atoms with E-state index in [0.717, 1.165) is 44.3 Å². The molecule has 3 rings (SSSR count). The summed E-state index contributed by atoms with van der Waals surface area (Å²) in [5.74, 6) is 0.0121. The van der Waals surface area contributed by atoms with Crippen LogP contribution in [0.5, 0.6) is 0 Å². The molecule has 3 aromatic rings. The number of hydrogen-bond acceptors (Lipinski definition) is 3. The summed E-state index contributed by atoms with van der Waals surface area (Å²) in [6.07, 6.45) is 5.54. The van der Waals surface area contributed by atoms with Gasteiger partial charge in [0.2, 0.25) is 15.7 Å². The minimum absolute atomic E-state index is 0.0121. The van der Waals surface area contributed by atoms with E-state index in [1.807, 2.05) is 23.1 Å². The van der Waals surface area contributed by atoms with E-state index in [1.165, 1.54) is 12.1 Å². The van der Waals surface area contributed by atoms with Crippen LogP contribution < -0.4 is 0 Å². The van der Waals surface area contributed by atoms with Gasteiger partial charge in [-0.2, -0.15) is 0 Å². The van der Waals surface area contributed by atoms with Crippen molar-refractivity contribution in [3.8, 4) is 0 Å². The van der Waals surface area contributed by atoms with Gasteiger partial charge in [0.1, 0.15) is 6.54 Å². The van der Waals surface area contributed by atoms with Crippen LogP contribution in [0.3, 0.4) is 0 Å². The molecule has 31 heavy (non-hydrogen) atoms. The first kappa shape index (κ1) is 23.4. The minimum Gasteiger partial charge on any atom is -0.341 e. The highest BCUT2D eigenvalue weighted by atomic mass is 35.5. The Hall–Kier alpha value is -2.31. The summed E-state index contributed by atoms with van der Waals surface area (Å²) in [4.78, 5) is 15.4. The van der Waals surface area contributed by atoms with E-state index < -0.39 is 9.84 Å². The maximum absolute atomic E-state index is 13.3. The number of rotatable bonds is 10. The highest BCUT2D eigenvalue weighted by Crippen LogP contribution is 2.30. The SMILES string of the molecule is CCCCN(CCCC)C(=O)Cn1cc(S(=O)(=O)c2ccc(Cl)cc2)c2ccccc21. The summed E-state index contributed by atoms with van der Waals surface area (Å²) < 4.78 is 28.4. The summed E-state index contributed by atoms with van der Waals surface area (Å²) in [6, 6.07) is 13.4. The molecule has 0 saturated heterocycles. The Morgan fingerprint density at radius 2 is 1.58 bits per heavy atom. The van der Waals surface area contributed by atoms with Crippen LogP contribution in [0.1, 0.15) is 39.5 Å². The lowest BCUT2D eigenvalue weighted by molar-refractivity contribution is -0.131. The van der Waals surface area contributed by atoms with Crippen LogP contribution in [0.15, 0.2) is 64.5 Å². The molecule has 0 N–H and O–H groups in total. The third kappa shape index (κ3) is 5.31. The van der Waals surface area contributed by atoms with Gasteiger partial charge >= 0.3 is 0 Å². The van der Waals surface area contributed by atoms with Gasteiger partial charge in [0.15, 0.2) is 0 Å². The van der Waals surface area contributed by atoms with Crippen LogP contribution in [0.25, 0.3) is 10.9 Å². The van der Waals surface area contributed by atoms with Gasteiger partial charge in [0.25, 0.3) is 0 Å². The monoisotopic (exact) mass is 460 g/mol. The Balaban J connectivity index is 1.97. The number of fused-ring (bicyclic) bond motifs is 1. The largest absolute Gasteiger partial charge is 0.341 e. The van der Waals surface area contributed by atoms with Crippen LogP contribution in [-0.4, -0.2) is 36.9 Å². The lowest BCUT2D eigenvalue weighted by atomic mass is 10.2. The lowest BCUT2D eigenvalue weighted by Crippen LogP contribution is -2.35. The summed E-state index contributed by atoms with van der Waals surface area (Å²) in [7, 11) is -3.75. The van der Waals surface area contributed by atoms with Crippen molar-refractivity contribution in [2.24, 2.45) is 0 Å². The van der Waals surface area contributed by atoms with Gasteiger partial charge in [-0.05, 0) is 43.2 Å². The number of benzene rings is 2. The fourth-order valence-corrected chi connectivity index (χ4v) is 5.21. The molecule has 0 radical (unpaired) electrons. The molecule has 1 amide bonds. The van der Waals surface area contributed by atoms with Crippen LogP contribution in [-0.2, 0) is 21.2 Å². The summed E-state index contributed by atoms with van der Waals surface area (Å²) in [5, 5.41) is 1.09. The second-order valence-corrected chi connectivity index (χ2v) is 10.0. The van der Waals surface area contributed by atoms with Crippen LogP contribution >= 0.6 is 11.6 Å². The number of nitrogens with zero attached hydrogens (tertiary/aromatic N) is 2. The Labute approximate surface area is 189 Å². The third-order valence-corrected chi connectivity index (χ3v) is 7.44. The predicted molar refractivity (Wildman–Crippen MR) is 125 cm³/mol. The van der Waals surface area contributed by atoms with E-state index in [4.69, 9.17) is 11.6 Å². The van der Waals surface area contributed by atoms with Crippen molar-refractivity contribution in [1.82, 2.24) is 9.47 Å². The average molecular weight is 461 g/mol. The van der Waals surface area contributed by atoms with E-state index >= 15 is 0 Å². The zero-order valence-corrected chi connectivity index (χ0v) is 19.6. The molecule has 0 aliphatic heterocycles. The Kier molecular flexibility index (Phi) is 7.79. The van der Waals surface area contributed by atoms with E-state index in [-0.39, 0.29) is 22.2 Å². The summed E-state index contributed by atoms with van der Waals surface area (Å²) >= 11 is 5.93. The number of halogens is 1. The molecular weight excluding hydrogens is 432 g/mol. The first-order valence-corrected chi connectivity index (χ1v) is 12.6. The minimum atomic E-state index is -3.75. The van der Waals surface area contributed by atoms with Crippen molar-refractivity contribution >= 4 is 38.2 Å². The molecule has 0 aliphatic carbocycles. The topological polar surface area (TPSA) is 59.4 Å². The normalized spacial score (nSPS) is 11.7. The van der Waals surface area contributed by atoms with Crippen LogP contribution in [0.2, 0.25) is 5.02 Å². The van der Waals surface area contributed by atoms with Gasteiger partial charge in [-0.3, -0.25) is 4.79 Å². The molecule has 0 atom stereocenters. The standard InChI is InChI=1S/C24H29ClN2O3S/c1-3-5-15-26(16-6-4-2)24(28)18-27-17-23(21-9-7-8-10-22(21)27)31(29,30)20-13-11-19(25)12-14-20/h7-14,17H,3-6,15-16,18H2,1-2H3. The van der Waals surface area contributed by atoms with Crippen molar-refractivity contribution in [3.63, 3.8) is 0 Å². The Morgan fingerprint density at radius 1 is 0.968 bits per heavy atom. The molecule has 2 aromatic carbocycles. The van der Waals surface area contributed by atoms with E-state index in [1.54, 1.807) is 29.0 Å². The van der Waals surface area contributed by atoms with Gasteiger partial charge in [-0.1, -0.05) is 56.5 Å². The quantitative estimate of drug-likeness (QED) is 0.398. The molecular formula is C24H29ClN2O3S. The molecule has 0 bridgehead atoms. The molecule has 0 saturated carbocycles. The number of amides is 1. The summed E-state index contributed by atoms with van der Waals surface area (Å²) in [5.41, 5.74) is 0.731. The number of carbonyl (C=O) groups excluding carboxylic acids is 1. The first-order valence-electron chi connectivity index (χ1n) is 10.7. The zero-order chi connectivity index (χ0) is 22.4. The molecule has 1 aromatic heterocycles. The maximum atomic E-state index is 13.3. The lowest BCUT2D eigenvalue weighted by Gasteiger charge is -2.23. The van der Waals surface area contributed by atoms with E-state index in [0.29, 0.717) is 10.4 Å². The number of unbranched alkanes of at least 4 members (excludes halogenated alkanes) is 2. The third-order valence-electron chi connectivity index (χ3n) is 5.39. The molecule has 0 unspecified atom stereocenters. The van der Waals surface area contributed by atoms with E-state index in [9.17, 15) is 13.2 Å². The summed E-state index contributed by atoms with van der Waals surface area (Å²) in [6.45, 7) is 5.78. The smallest absolute Gasteiger partial charge is 0.242 e. The number of carbonyl (C=O) groups is 1. The van der Waals surface area contributed by atoms with Crippen LogP contribution in [0.4, 0.5) is 0 Å². The number of hydrogen-bond donors (Lipinski definition) is 0. The van der Waals surface area contributed by atoms with Gasteiger partial charge in [-0.25, -0.2) is 8.42 Å². The maximum Gasteiger partial charge on any atom is 0.242 e. The molecule has 1 heterocycles. The molecule has 0 aliphatic rings. The highest BCUT2D eigenvalue weighted by molar-refractivity contribution is 7.91. The van der Waals surface area contributed by atoms with Gasteiger partial charge in [0, 0.05) is 35.2 Å². The number of para-hydroxylation sites is 1. The van der Waals surface area contributed by atoms with Crippen molar-refractivity contribution in [2.75, 3.05) is 13.1 Å². The fraction of sp³-hybridized carbons (Fsp3) is 0.375. The Morgan fingerprint density at radius 3 is 2.19 bits per heavy atom. The highest BCUT2D eigenvalue weighted by Gasteiger charge is 2.24. The Bertz CT molecular complexity index is 1130. The van der Waals surface area contributed by atoms with Gasteiger partial charge in [0.05, 0.1) is 9.79 Å². The second kappa shape index (κ2) is 10.3. The van der Waals surface area contributed by atoms with Gasteiger partial charge in [-0.15, -0.1) is 0 Å². The van der Waals surface area contributed by atoms with Crippen LogP contribution in [0, 0.1) is 0 Å². The van der Waals surface area contributed by atoms with Crippen molar-refractivity contribution in [1.29, 1.82) is 0 Å². The average Bonchev–Trinajstić information content (AvgIpc) is 3.13. The van der Waals surface area contributed by atoms with Gasteiger partial charge < -0.3 is 9.47 Å². The number of aromatic nitrogens is 1. The predicted octanol–water partition coefficient (Wildman–Crippen LogP) is 5.56. The molecule has 5 nitrogen and oxygen atoms in total. The molecule has 7 heteroatoms. The molecule has 0 spiro atoms. The molecule has 0 fully saturated rings. The second-order valence-electron chi connectivity index (χ2n) is 7.68. The molecule has 166 valence electrons. The van der Waals surface area contributed by atoms with Crippen molar-refractivity contribution in [2.45, 2.75) is 55.9 Å². The zero-order valence-electron chi connectivity index (χ0n) is 18.1. The first-order chi connectivity index (χ1) is 14.9. The number of sulfone groups is 1.